The van der Waals surface area contributed by atoms with Crippen LogP contribution in [0, 0.1) is 0 Å². The number of nitrogens with one attached hydrogen (secondary N) is 2. The molecule has 1 atom stereocenters. The fourth-order valence-electron chi connectivity index (χ4n) is 3.90. The molecule has 0 radical (unpaired) electrons. The third kappa shape index (κ3) is 8.04. The van der Waals surface area contributed by atoms with Crippen molar-refractivity contribution in [3.63, 3.8) is 0 Å². The number of hydrogen-bond donors (Lipinski definition) is 2. The van der Waals surface area contributed by atoms with Gasteiger partial charge in [-0.05, 0) is 74.5 Å². The van der Waals surface area contributed by atoms with Crippen LogP contribution in [0.25, 0.3) is 0 Å². The Hall–Kier alpha value is -2.92. The van der Waals surface area contributed by atoms with Crippen LogP contribution in [0.1, 0.15) is 12.8 Å². The Morgan fingerprint density at radius 2 is 1.49 bits per heavy atom. The third-order valence-electron chi connectivity index (χ3n) is 5.74. The second kappa shape index (κ2) is 12.1. The summed E-state index contributed by atoms with van der Waals surface area (Å²) in [6.45, 7) is 0.0809. The SMILES string of the molecule is COC(CNC(=O)C1(S(=O)(=O)c2ccc(Oc3ccc(OC(F)(F)F)cc3)cc2)CCNCC1)OS(C)(=O)=O. The molecule has 1 aliphatic heterocycles. The van der Waals surface area contributed by atoms with Crippen LogP contribution < -0.4 is 20.1 Å². The Bertz CT molecular complexity index is 1340. The van der Waals surface area contributed by atoms with Gasteiger partial charge in [0.25, 0.3) is 10.1 Å². The quantitative estimate of drug-likeness (QED) is 0.293. The molecule has 3 rings (SSSR count). The molecule has 0 bridgehead atoms. The second-order valence-electron chi connectivity index (χ2n) is 8.52. The van der Waals surface area contributed by atoms with Crippen LogP contribution in [0.3, 0.4) is 0 Å². The number of benzene rings is 2. The Morgan fingerprint density at radius 1 is 0.974 bits per heavy atom. The normalized spacial score (nSPS) is 16.7. The van der Waals surface area contributed by atoms with Crippen molar-refractivity contribution in [2.45, 2.75) is 35.1 Å². The monoisotopic (exact) mass is 596 g/mol. The lowest BCUT2D eigenvalue weighted by molar-refractivity contribution is -0.274. The van der Waals surface area contributed by atoms with E-state index >= 15 is 0 Å². The van der Waals surface area contributed by atoms with Crippen LogP contribution >= 0.6 is 0 Å². The van der Waals surface area contributed by atoms with Gasteiger partial charge in [-0.2, -0.15) is 8.42 Å². The molecular weight excluding hydrogens is 569 g/mol. The lowest BCUT2D eigenvalue weighted by Crippen LogP contribution is -2.58. The summed E-state index contributed by atoms with van der Waals surface area (Å²) in [4.78, 5) is 13.1. The first kappa shape index (κ1) is 30.6. The molecule has 16 heteroatoms. The highest BCUT2D eigenvalue weighted by Crippen LogP contribution is 2.35. The smallest absolute Gasteiger partial charge is 0.457 e. The van der Waals surface area contributed by atoms with E-state index in [2.05, 4.69) is 15.4 Å². The predicted molar refractivity (Wildman–Crippen MR) is 131 cm³/mol. The van der Waals surface area contributed by atoms with Gasteiger partial charge in [0.15, 0.2) is 20.9 Å². The maximum absolute atomic E-state index is 13.7. The third-order valence-corrected chi connectivity index (χ3v) is 8.82. The molecule has 11 nitrogen and oxygen atoms in total. The minimum atomic E-state index is -4.83. The Kier molecular flexibility index (Phi) is 9.48. The molecule has 0 aromatic heterocycles. The zero-order valence-electron chi connectivity index (χ0n) is 20.9. The zero-order chi connectivity index (χ0) is 28.9. The highest BCUT2D eigenvalue weighted by Gasteiger charge is 2.51. The molecule has 0 spiro atoms. The molecule has 1 fully saturated rings. The second-order valence-corrected chi connectivity index (χ2v) is 12.4. The lowest BCUT2D eigenvalue weighted by atomic mass is 9.96. The number of piperidine rings is 1. The van der Waals surface area contributed by atoms with Crippen molar-refractivity contribution >= 4 is 25.9 Å². The number of sulfone groups is 1. The molecule has 0 aliphatic carbocycles. The van der Waals surface area contributed by atoms with Crippen molar-refractivity contribution < 1.29 is 53.2 Å². The molecule has 1 unspecified atom stereocenters. The Balaban J connectivity index is 1.77. The summed E-state index contributed by atoms with van der Waals surface area (Å²) >= 11 is 0. The van der Waals surface area contributed by atoms with E-state index in [1.165, 1.54) is 43.5 Å². The van der Waals surface area contributed by atoms with Crippen molar-refractivity contribution in [3.05, 3.63) is 48.5 Å². The van der Waals surface area contributed by atoms with Gasteiger partial charge in [0.2, 0.25) is 5.91 Å². The van der Waals surface area contributed by atoms with E-state index in [0.717, 1.165) is 18.4 Å². The number of ether oxygens (including phenoxy) is 3. The van der Waals surface area contributed by atoms with Crippen LogP contribution in [0.2, 0.25) is 0 Å². The van der Waals surface area contributed by atoms with Gasteiger partial charge in [0.05, 0.1) is 17.7 Å². The molecule has 1 amide bonds. The molecular formula is C23H27F3N2O9S2. The van der Waals surface area contributed by atoms with Crippen LogP contribution in [-0.4, -0.2) is 73.1 Å². The molecule has 2 aromatic carbocycles. The highest BCUT2D eigenvalue weighted by atomic mass is 32.2. The van der Waals surface area contributed by atoms with E-state index in [1.54, 1.807) is 0 Å². The van der Waals surface area contributed by atoms with Crippen molar-refractivity contribution in [1.82, 2.24) is 10.6 Å². The van der Waals surface area contributed by atoms with E-state index in [9.17, 15) is 34.8 Å². The molecule has 0 saturated carbocycles. The summed E-state index contributed by atoms with van der Waals surface area (Å²) in [5.41, 5.74) is 0. The van der Waals surface area contributed by atoms with Gasteiger partial charge in [0.1, 0.15) is 17.2 Å². The van der Waals surface area contributed by atoms with E-state index < -0.39 is 55.6 Å². The number of rotatable bonds is 11. The molecule has 1 heterocycles. The van der Waals surface area contributed by atoms with Gasteiger partial charge in [-0.1, -0.05) is 0 Å². The van der Waals surface area contributed by atoms with Crippen LogP contribution in [0.5, 0.6) is 17.2 Å². The first-order valence-corrected chi connectivity index (χ1v) is 14.7. The maximum Gasteiger partial charge on any atom is 0.573 e. The van der Waals surface area contributed by atoms with Crippen molar-refractivity contribution in [3.8, 4) is 17.2 Å². The minimum absolute atomic E-state index is 0.0453. The van der Waals surface area contributed by atoms with Crippen LogP contribution in [0.15, 0.2) is 53.4 Å². The maximum atomic E-state index is 13.7. The molecule has 216 valence electrons. The molecule has 39 heavy (non-hydrogen) atoms. The number of alkyl halides is 3. The molecule has 1 saturated heterocycles. The number of carbonyl (C=O) groups excluding carboxylic acids is 1. The number of amides is 1. The summed E-state index contributed by atoms with van der Waals surface area (Å²) in [7, 11) is -6.98. The fraction of sp³-hybridized carbons (Fsp3) is 0.435. The van der Waals surface area contributed by atoms with Crippen LogP contribution in [-0.2, 0) is 33.7 Å². The summed E-state index contributed by atoms with van der Waals surface area (Å²) < 4.78 is 104. The Labute approximate surface area is 223 Å². The number of hydrogen-bond acceptors (Lipinski definition) is 10. The van der Waals surface area contributed by atoms with E-state index in [1.807, 2.05) is 0 Å². The fourth-order valence-corrected chi connectivity index (χ4v) is 6.43. The van der Waals surface area contributed by atoms with Crippen LogP contribution in [0.4, 0.5) is 13.2 Å². The highest BCUT2D eigenvalue weighted by molar-refractivity contribution is 7.93. The van der Waals surface area contributed by atoms with Gasteiger partial charge in [-0.3, -0.25) is 4.79 Å². The standard InChI is InChI=1S/C23H27F3N2O9S2/c1-34-20(37-38(2,30)31)15-28-21(29)22(11-13-27-14-12-22)39(32,33)19-9-7-17(8-10-19)35-16-3-5-18(6-4-16)36-23(24,25)26/h3-10,20,27H,11-15H2,1-2H3,(H,28,29). The van der Waals surface area contributed by atoms with Gasteiger partial charge in [0, 0.05) is 7.11 Å². The summed E-state index contributed by atoms with van der Waals surface area (Å²) in [5, 5.41) is 5.45. The predicted octanol–water partition coefficient (Wildman–Crippen LogP) is 2.34. The zero-order valence-corrected chi connectivity index (χ0v) is 22.5. The van der Waals surface area contributed by atoms with Crippen molar-refractivity contribution in [1.29, 1.82) is 0 Å². The van der Waals surface area contributed by atoms with E-state index in [0.29, 0.717) is 0 Å². The number of methoxy groups -OCH3 is 1. The average molecular weight is 597 g/mol. The van der Waals surface area contributed by atoms with Gasteiger partial charge >= 0.3 is 6.36 Å². The number of carbonyl (C=O) groups is 1. The van der Waals surface area contributed by atoms with Gasteiger partial charge in [-0.25, -0.2) is 12.6 Å². The minimum Gasteiger partial charge on any atom is -0.457 e. The van der Waals surface area contributed by atoms with Crippen molar-refractivity contribution in [2.24, 2.45) is 0 Å². The first-order chi connectivity index (χ1) is 18.1. The summed E-state index contributed by atoms with van der Waals surface area (Å²) in [6, 6.07) is 9.84. The Morgan fingerprint density at radius 3 is 1.97 bits per heavy atom. The summed E-state index contributed by atoms with van der Waals surface area (Å²) in [5.74, 6) is -0.882. The topological polar surface area (TPSA) is 146 Å². The average Bonchev–Trinajstić information content (AvgIpc) is 2.86. The molecule has 2 N–H and O–H groups in total. The van der Waals surface area contributed by atoms with Gasteiger partial charge in [-0.15, -0.1) is 13.2 Å². The van der Waals surface area contributed by atoms with Crippen molar-refractivity contribution in [2.75, 3.05) is 33.0 Å². The van der Waals surface area contributed by atoms with E-state index in [4.69, 9.17) is 13.7 Å². The molecule has 1 aliphatic rings. The van der Waals surface area contributed by atoms with E-state index in [-0.39, 0.29) is 42.3 Å². The van der Waals surface area contributed by atoms with Gasteiger partial charge < -0.3 is 24.8 Å². The lowest BCUT2D eigenvalue weighted by Gasteiger charge is -2.35. The molecule has 2 aromatic rings. The first-order valence-electron chi connectivity index (χ1n) is 11.4. The largest absolute Gasteiger partial charge is 0.573 e. The summed E-state index contributed by atoms with van der Waals surface area (Å²) in [6.07, 6.45) is -5.46. The number of halogens is 3.